The zero-order chi connectivity index (χ0) is 13.2. The molecule has 2 rings (SSSR count). The molecule has 0 radical (unpaired) electrons. The maximum atomic E-state index is 9.00. The summed E-state index contributed by atoms with van der Waals surface area (Å²) in [6.07, 6.45) is 2.29. The van der Waals surface area contributed by atoms with E-state index in [4.69, 9.17) is 15.6 Å². The molecule has 0 aliphatic rings. The summed E-state index contributed by atoms with van der Waals surface area (Å²) < 4.78 is 5.86. The lowest BCUT2D eigenvalue weighted by atomic mass is 10.1. The first-order valence-corrected chi connectivity index (χ1v) is 5.96. The third-order valence-corrected chi connectivity index (χ3v) is 2.83. The Labute approximate surface area is 106 Å². The van der Waals surface area contributed by atoms with Gasteiger partial charge in [0.15, 0.2) is 0 Å². The Balaban J connectivity index is 2.36. The van der Waals surface area contributed by atoms with E-state index in [9.17, 15) is 0 Å². The van der Waals surface area contributed by atoms with Crippen molar-refractivity contribution in [3.8, 4) is 5.75 Å². The number of benzene rings is 1. The van der Waals surface area contributed by atoms with Gasteiger partial charge in [-0.2, -0.15) is 0 Å². The van der Waals surface area contributed by atoms with Gasteiger partial charge in [0.25, 0.3) is 0 Å². The lowest BCUT2D eigenvalue weighted by molar-refractivity contribution is 0.0774. The molecule has 0 fully saturated rings. The van der Waals surface area contributed by atoms with Gasteiger partial charge in [0.1, 0.15) is 11.4 Å². The molecule has 1 aromatic carbocycles. The van der Waals surface area contributed by atoms with Crippen molar-refractivity contribution in [2.45, 2.75) is 25.9 Å². The molecular formula is C14H18N2O2. The van der Waals surface area contributed by atoms with E-state index in [1.807, 2.05) is 38.1 Å². The monoisotopic (exact) mass is 246 g/mol. The number of rotatable bonds is 4. The quantitative estimate of drug-likeness (QED) is 0.813. The number of hydrogen-bond donors (Lipinski definition) is 2. The second-order valence-corrected chi connectivity index (χ2v) is 4.92. The van der Waals surface area contributed by atoms with Crippen LogP contribution in [0.3, 0.4) is 0 Å². The number of aliphatic hydroxyl groups excluding tert-OH is 1. The standard InChI is InChI=1S/C14H18N2O2/c1-14(2,5-7-17)18-13-9-12-10(8-11(13)15)4-3-6-16-12/h3-4,6,8-9,17H,5,7,15H2,1-2H3. The summed E-state index contributed by atoms with van der Waals surface area (Å²) in [6.45, 7) is 3.93. The van der Waals surface area contributed by atoms with Crippen molar-refractivity contribution in [2.75, 3.05) is 12.3 Å². The van der Waals surface area contributed by atoms with Gasteiger partial charge >= 0.3 is 0 Å². The third kappa shape index (κ3) is 2.71. The molecule has 18 heavy (non-hydrogen) atoms. The Bertz CT molecular complexity index is 552. The van der Waals surface area contributed by atoms with Gasteiger partial charge in [0, 0.05) is 30.7 Å². The van der Waals surface area contributed by atoms with Crippen LogP contribution in [-0.4, -0.2) is 22.3 Å². The largest absolute Gasteiger partial charge is 0.486 e. The summed E-state index contributed by atoms with van der Waals surface area (Å²) in [5.41, 5.74) is 6.96. The second-order valence-electron chi connectivity index (χ2n) is 4.92. The van der Waals surface area contributed by atoms with E-state index in [2.05, 4.69) is 4.98 Å². The Morgan fingerprint density at radius 3 is 2.89 bits per heavy atom. The van der Waals surface area contributed by atoms with Crippen LogP contribution in [0, 0.1) is 0 Å². The molecule has 0 atom stereocenters. The van der Waals surface area contributed by atoms with Crippen molar-refractivity contribution < 1.29 is 9.84 Å². The minimum Gasteiger partial charge on any atom is -0.486 e. The molecule has 0 spiro atoms. The Morgan fingerprint density at radius 2 is 2.17 bits per heavy atom. The van der Waals surface area contributed by atoms with Gasteiger partial charge in [0.05, 0.1) is 11.2 Å². The van der Waals surface area contributed by atoms with Crippen molar-refractivity contribution in [3.63, 3.8) is 0 Å². The molecule has 96 valence electrons. The molecule has 0 saturated heterocycles. The number of nitrogen functional groups attached to an aromatic ring is 1. The van der Waals surface area contributed by atoms with Gasteiger partial charge in [-0.3, -0.25) is 4.98 Å². The molecule has 0 bridgehead atoms. The average molecular weight is 246 g/mol. The van der Waals surface area contributed by atoms with Gasteiger partial charge in [-0.1, -0.05) is 6.07 Å². The fourth-order valence-corrected chi connectivity index (χ4v) is 1.83. The Hall–Kier alpha value is -1.81. The molecule has 4 nitrogen and oxygen atoms in total. The van der Waals surface area contributed by atoms with Crippen LogP contribution in [0.15, 0.2) is 30.5 Å². The average Bonchev–Trinajstić information content (AvgIpc) is 2.29. The van der Waals surface area contributed by atoms with Crippen LogP contribution >= 0.6 is 0 Å². The molecule has 0 saturated carbocycles. The number of pyridine rings is 1. The van der Waals surface area contributed by atoms with Crippen LogP contribution in [0.2, 0.25) is 0 Å². The van der Waals surface area contributed by atoms with Crippen LogP contribution < -0.4 is 10.5 Å². The van der Waals surface area contributed by atoms with E-state index in [0.29, 0.717) is 17.9 Å². The van der Waals surface area contributed by atoms with E-state index in [-0.39, 0.29) is 6.61 Å². The fourth-order valence-electron chi connectivity index (χ4n) is 1.83. The third-order valence-electron chi connectivity index (χ3n) is 2.83. The number of nitrogens with zero attached hydrogens (tertiary/aromatic N) is 1. The topological polar surface area (TPSA) is 68.4 Å². The summed E-state index contributed by atoms with van der Waals surface area (Å²) in [5, 5.41) is 9.99. The molecule has 4 heteroatoms. The van der Waals surface area contributed by atoms with Gasteiger partial charge < -0.3 is 15.6 Å². The highest BCUT2D eigenvalue weighted by atomic mass is 16.5. The number of hydrogen-bond acceptors (Lipinski definition) is 4. The van der Waals surface area contributed by atoms with Gasteiger partial charge in [-0.25, -0.2) is 0 Å². The normalized spacial score (nSPS) is 11.7. The molecule has 0 unspecified atom stereocenters. The minimum absolute atomic E-state index is 0.0821. The van der Waals surface area contributed by atoms with Crippen LogP contribution in [0.5, 0.6) is 5.75 Å². The lowest BCUT2D eigenvalue weighted by Crippen LogP contribution is -2.29. The first kappa shape index (κ1) is 12.6. The van der Waals surface area contributed by atoms with Crippen molar-refractivity contribution in [1.82, 2.24) is 4.98 Å². The predicted octanol–water partition coefficient (Wildman–Crippen LogP) is 2.36. The Morgan fingerprint density at radius 1 is 1.39 bits per heavy atom. The van der Waals surface area contributed by atoms with Crippen LogP contribution in [0.4, 0.5) is 5.69 Å². The molecule has 0 amide bonds. The molecule has 3 N–H and O–H groups in total. The zero-order valence-electron chi connectivity index (χ0n) is 10.7. The molecule has 0 aliphatic carbocycles. The van der Waals surface area contributed by atoms with Crippen LogP contribution in [0.1, 0.15) is 20.3 Å². The number of aliphatic hydroxyl groups is 1. The highest BCUT2D eigenvalue weighted by molar-refractivity contribution is 5.84. The van der Waals surface area contributed by atoms with Crippen LogP contribution in [-0.2, 0) is 0 Å². The predicted molar refractivity (Wildman–Crippen MR) is 72.6 cm³/mol. The maximum Gasteiger partial charge on any atom is 0.145 e. The lowest BCUT2D eigenvalue weighted by Gasteiger charge is -2.26. The molecule has 0 aliphatic heterocycles. The van der Waals surface area contributed by atoms with E-state index in [0.717, 1.165) is 10.9 Å². The van der Waals surface area contributed by atoms with Gasteiger partial charge in [-0.15, -0.1) is 0 Å². The van der Waals surface area contributed by atoms with Crippen molar-refractivity contribution in [3.05, 3.63) is 30.5 Å². The number of anilines is 1. The summed E-state index contributed by atoms with van der Waals surface area (Å²) >= 11 is 0. The van der Waals surface area contributed by atoms with Crippen LogP contribution in [0.25, 0.3) is 10.9 Å². The minimum atomic E-state index is -0.453. The summed E-state index contributed by atoms with van der Waals surface area (Å²) in [5.74, 6) is 0.611. The van der Waals surface area contributed by atoms with Crippen molar-refractivity contribution >= 4 is 16.6 Å². The summed E-state index contributed by atoms with van der Waals surface area (Å²) in [4.78, 5) is 4.27. The van der Waals surface area contributed by atoms with E-state index >= 15 is 0 Å². The molecular weight excluding hydrogens is 228 g/mol. The smallest absolute Gasteiger partial charge is 0.145 e. The first-order valence-electron chi connectivity index (χ1n) is 5.96. The SMILES string of the molecule is CC(C)(CCO)Oc1cc2ncccc2cc1N. The van der Waals surface area contributed by atoms with E-state index in [1.54, 1.807) is 6.20 Å². The number of ether oxygens (including phenoxy) is 1. The number of nitrogens with two attached hydrogens (primary N) is 1. The summed E-state index contributed by atoms with van der Waals surface area (Å²) in [7, 11) is 0. The number of fused-ring (bicyclic) bond motifs is 1. The second kappa shape index (κ2) is 4.82. The maximum absolute atomic E-state index is 9.00. The van der Waals surface area contributed by atoms with Gasteiger partial charge in [0.2, 0.25) is 0 Å². The first-order chi connectivity index (χ1) is 8.52. The highest BCUT2D eigenvalue weighted by Crippen LogP contribution is 2.30. The fraction of sp³-hybridized carbons (Fsp3) is 0.357. The van der Waals surface area contributed by atoms with E-state index < -0.39 is 5.60 Å². The molecule has 1 heterocycles. The van der Waals surface area contributed by atoms with Gasteiger partial charge in [-0.05, 0) is 26.0 Å². The highest BCUT2D eigenvalue weighted by Gasteiger charge is 2.20. The Kier molecular flexibility index (Phi) is 3.39. The number of aromatic nitrogens is 1. The van der Waals surface area contributed by atoms with Crippen molar-refractivity contribution in [1.29, 1.82) is 0 Å². The molecule has 1 aromatic heterocycles. The van der Waals surface area contributed by atoms with Crippen molar-refractivity contribution in [2.24, 2.45) is 0 Å². The summed E-state index contributed by atoms with van der Waals surface area (Å²) in [6, 6.07) is 7.52. The zero-order valence-corrected chi connectivity index (χ0v) is 10.7. The molecule has 2 aromatic rings. The van der Waals surface area contributed by atoms with E-state index in [1.165, 1.54) is 0 Å².